The summed E-state index contributed by atoms with van der Waals surface area (Å²) in [6.45, 7) is 0. The fraction of sp³-hybridized carbons (Fsp3) is 0.636. The van der Waals surface area contributed by atoms with Crippen molar-refractivity contribution in [1.82, 2.24) is 0 Å². The Hall–Kier alpha value is -0.920. The van der Waals surface area contributed by atoms with Crippen LogP contribution in [-0.2, 0) is 9.59 Å². The van der Waals surface area contributed by atoms with E-state index in [0.29, 0.717) is 5.92 Å². The summed E-state index contributed by atoms with van der Waals surface area (Å²) < 4.78 is 0. The molecule has 0 N–H and O–H groups in total. The lowest BCUT2D eigenvalue weighted by molar-refractivity contribution is -0.133. The fourth-order valence-electron chi connectivity index (χ4n) is 3.37. The molecular formula is C11H12O2. The molecule has 2 fully saturated rings. The summed E-state index contributed by atoms with van der Waals surface area (Å²) in [5.41, 5.74) is -0.196. The molecule has 3 aliphatic rings. The van der Waals surface area contributed by atoms with Gasteiger partial charge in [-0.2, -0.15) is 0 Å². The fourth-order valence-corrected chi connectivity index (χ4v) is 3.37. The van der Waals surface area contributed by atoms with E-state index in [9.17, 15) is 9.59 Å². The Balaban J connectivity index is 2.16. The highest BCUT2D eigenvalue weighted by Gasteiger charge is 2.58. The molecule has 2 saturated carbocycles. The summed E-state index contributed by atoms with van der Waals surface area (Å²) in [4.78, 5) is 23.3. The Morgan fingerprint density at radius 3 is 3.08 bits per heavy atom. The third-order valence-electron chi connectivity index (χ3n) is 4.06. The number of hydrogen-bond acceptors (Lipinski definition) is 2. The van der Waals surface area contributed by atoms with Gasteiger partial charge in [-0.25, -0.2) is 0 Å². The number of ketones is 2. The highest BCUT2D eigenvalue weighted by Crippen LogP contribution is 2.56. The van der Waals surface area contributed by atoms with Gasteiger partial charge in [-0.15, -0.1) is 0 Å². The van der Waals surface area contributed by atoms with Gasteiger partial charge in [0, 0.05) is 0 Å². The third-order valence-corrected chi connectivity index (χ3v) is 4.06. The Bertz CT molecular complexity index is 329. The van der Waals surface area contributed by atoms with Gasteiger partial charge in [-0.3, -0.25) is 9.59 Å². The number of fused-ring (bicyclic) bond motifs is 1. The summed E-state index contributed by atoms with van der Waals surface area (Å²) in [7, 11) is 0. The van der Waals surface area contributed by atoms with Crippen LogP contribution < -0.4 is 0 Å². The van der Waals surface area contributed by atoms with Gasteiger partial charge in [0.05, 0.1) is 11.3 Å². The van der Waals surface area contributed by atoms with Gasteiger partial charge in [0.15, 0.2) is 11.6 Å². The van der Waals surface area contributed by atoms with Gasteiger partial charge < -0.3 is 0 Å². The van der Waals surface area contributed by atoms with Crippen molar-refractivity contribution in [3.8, 4) is 0 Å². The van der Waals surface area contributed by atoms with Crippen LogP contribution in [0.5, 0.6) is 0 Å². The molecule has 0 amide bonds. The van der Waals surface area contributed by atoms with Crippen molar-refractivity contribution in [2.24, 2.45) is 17.3 Å². The van der Waals surface area contributed by atoms with E-state index in [4.69, 9.17) is 0 Å². The zero-order valence-electron chi connectivity index (χ0n) is 7.45. The van der Waals surface area contributed by atoms with E-state index in [-0.39, 0.29) is 22.9 Å². The minimum absolute atomic E-state index is 0.0463. The first-order valence-corrected chi connectivity index (χ1v) is 5.01. The molecular weight excluding hydrogens is 164 g/mol. The number of hydrogen-bond donors (Lipinski definition) is 0. The van der Waals surface area contributed by atoms with Crippen molar-refractivity contribution >= 4 is 11.6 Å². The van der Waals surface area contributed by atoms with Crippen LogP contribution in [0.3, 0.4) is 0 Å². The molecule has 1 spiro atoms. The van der Waals surface area contributed by atoms with Crippen LogP contribution in [0.15, 0.2) is 12.2 Å². The van der Waals surface area contributed by atoms with Gasteiger partial charge in [-0.1, -0.05) is 12.5 Å². The average Bonchev–Trinajstić information content (AvgIpc) is 2.57. The Morgan fingerprint density at radius 1 is 1.38 bits per heavy atom. The van der Waals surface area contributed by atoms with E-state index in [0.717, 1.165) is 25.7 Å². The first kappa shape index (κ1) is 7.48. The van der Waals surface area contributed by atoms with Gasteiger partial charge in [0.1, 0.15) is 0 Å². The first-order valence-electron chi connectivity index (χ1n) is 5.01. The molecule has 2 bridgehead atoms. The summed E-state index contributed by atoms with van der Waals surface area (Å²) in [5.74, 6) is 0.482. The Labute approximate surface area is 77.0 Å². The highest BCUT2D eigenvalue weighted by atomic mass is 16.2. The van der Waals surface area contributed by atoms with Crippen molar-refractivity contribution in [2.45, 2.75) is 25.7 Å². The Morgan fingerprint density at radius 2 is 2.23 bits per heavy atom. The predicted octanol–water partition coefficient (Wildman–Crippen LogP) is 1.50. The summed E-state index contributed by atoms with van der Waals surface area (Å²) >= 11 is 0. The number of carbonyl (C=O) groups is 2. The second-order valence-electron chi connectivity index (χ2n) is 4.52. The van der Waals surface area contributed by atoms with E-state index in [2.05, 4.69) is 0 Å². The van der Waals surface area contributed by atoms with E-state index in [1.807, 2.05) is 6.08 Å². The summed E-state index contributed by atoms with van der Waals surface area (Å²) in [6.07, 6.45) is 7.65. The molecule has 3 rings (SSSR count). The lowest BCUT2D eigenvalue weighted by Crippen LogP contribution is -2.33. The van der Waals surface area contributed by atoms with E-state index >= 15 is 0 Å². The van der Waals surface area contributed by atoms with Crippen molar-refractivity contribution in [1.29, 1.82) is 0 Å². The minimum Gasteiger partial charge on any atom is -0.298 e. The molecule has 2 nitrogen and oxygen atoms in total. The van der Waals surface area contributed by atoms with E-state index in [1.54, 1.807) is 6.08 Å². The molecule has 0 aromatic carbocycles. The van der Waals surface area contributed by atoms with E-state index in [1.165, 1.54) is 0 Å². The zero-order chi connectivity index (χ0) is 9.05. The Kier molecular flexibility index (Phi) is 1.22. The number of rotatable bonds is 0. The van der Waals surface area contributed by atoms with Gasteiger partial charge in [-0.05, 0) is 31.3 Å². The maximum Gasteiger partial charge on any atom is 0.165 e. The topological polar surface area (TPSA) is 34.1 Å². The van der Waals surface area contributed by atoms with Crippen LogP contribution >= 0.6 is 0 Å². The lowest BCUT2D eigenvalue weighted by atomic mass is 9.76. The molecule has 0 radical (unpaired) electrons. The van der Waals surface area contributed by atoms with Gasteiger partial charge in [0.25, 0.3) is 0 Å². The molecule has 3 aliphatic carbocycles. The quantitative estimate of drug-likeness (QED) is 0.524. The normalized spacial score (nSPS) is 47.1. The minimum atomic E-state index is -0.268. The summed E-state index contributed by atoms with van der Waals surface area (Å²) in [5, 5.41) is 0. The molecule has 0 saturated heterocycles. The van der Waals surface area contributed by atoms with Gasteiger partial charge >= 0.3 is 0 Å². The largest absolute Gasteiger partial charge is 0.298 e. The molecule has 0 aromatic heterocycles. The number of Topliss-reactive ketones (excluding diaryl/α,β-unsaturated/α-hetero) is 1. The molecule has 68 valence electrons. The third kappa shape index (κ3) is 0.702. The van der Waals surface area contributed by atoms with Crippen molar-refractivity contribution in [2.75, 3.05) is 0 Å². The highest BCUT2D eigenvalue weighted by molar-refractivity contribution is 6.14. The molecule has 0 aromatic rings. The smallest absolute Gasteiger partial charge is 0.165 e. The molecule has 3 atom stereocenters. The maximum atomic E-state index is 11.9. The average molecular weight is 176 g/mol. The number of carbonyl (C=O) groups excluding carboxylic acids is 2. The second kappa shape index (κ2) is 2.11. The monoisotopic (exact) mass is 176 g/mol. The maximum absolute atomic E-state index is 11.9. The van der Waals surface area contributed by atoms with Crippen LogP contribution in [0.25, 0.3) is 0 Å². The van der Waals surface area contributed by atoms with Crippen LogP contribution in [-0.4, -0.2) is 11.6 Å². The molecule has 0 aliphatic heterocycles. The summed E-state index contributed by atoms with van der Waals surface area (Å²) in [6, 6.07) is 0. The van der Waals surface area contributed by atoms with E-state index < -0.39 is 0 Å². The first-order chi connectivity index (χ1) is 6.24. The van der Waals surface area contributed by atoms with Crippen LogP contribution in [0.4, 0.5) is 0 Å². The van der Waals surface area contributed by atoms with Crippen molar-refractivity contribution in [3.63, 3.8) is 0 Å². The van der Waals surface area contributed by atoms with Crippen molar-refractivity contribution in [3.05, 3.63) is 12.2 Å². The van der Waals surface area contributed by atoms with Gasteiger partial charge in [0.2, 0.25) is 0 Å². The number of allylic oxidation sites excluding steroid dienone is 2. The SMILES string of the molecule is O=C1C=CC23CCCC2CC1C3=O. The standard InChI is InChI=1S/C11H12O2/c12-9-3-5-11-4-1-2-7(11)6-8(9)10(11)13/h3,5,7-8H,1-2,4,6H2. The van der Waals surface area contributed by atoms with Crippen LogP contribution in [0.1, 0.15) is 25.7 Å². The molecule has 3 unspecified atom stereocenters. The molecule has 0 heterocycles. The lowest BCUT2D eigenvalue weighted by Gasteiger charge is -2.25. The molecule has 13 heavy (non-hydrogen) atoms. The van der Waals surface area contributed by atoms with Crippen molar-refractivity contribution < 1.29 is 9.59 Å². The molecule has 2 heteroatoms. The van der Waals surface area contributed by atoms with Crippen LogP contribution in [0, 0.1) is 17.3 Å². The predicted molar refractivity (Wildman–Crippen MR) is 47.0 cm³/mol. The second-order valence-corrected chi connectivity index (χ2v) is 4.52. The van der Waals surface area contributed by atoms with Crippen LogP contribution in [0.2, 0.25) is 0 Å². The zero-order valence-corrected chi connectivity index (χ0v) is 7.45.